The van der Waals surface area contributed by atoms with Gasteiger partial charge in [-0.05, 0) is 39.9 Å². The Morgan fingerprint density at radius 2 is 2.00 bits per heavy atom. The van der Waals surface area contributed by atoms with Gasteiger partial charge in [-0.25, -0.2) is 0 Å². The fourth-order valence-corrected chi connectivity index (χ4v) is 0.765. The molecule has 0 aliphatic heterocycles. The van der Waals surface area contributed by atoms with Crippen molar-refractivity contribution >= 4 is 0 Å². The molecular formula is C8H20N2. The molecule has 0 aromatic heterocycles. The minimum Gasteiger partial charge on any atom is -0.317 e. The van der Waals surface area contributed by atoms with E-state index in [9.17, 15) is 0 Å². The summed E-state index contributed by atoms with van der Waals surface area (Å²) < 4.78 is 0. The highest BCUT2D eigenvalue weighted by Crippen LogP contribution is 1.85. The third-order valence-corrected chi connectivity index (χ3v) is 1.67. The Labute approximate surface area is 64.4 Å². The van der Waals surface area contributed by atoms with Crippen LogP contribution in [-0.2, 0) is 0 Å². The van der Waals surface area contributed by atoms with Crippen LogP contribution in [0.4, 0.5) is 0 Å². The molecule has 10 heavy (non-hydrogen) atoms. The van der Waals surface area contributed by atoms with Crippen molar-refractivity contribution in [3.8, 4) is 0 Å². The van der Waals surface area contributed by atoms with Crippen molar-refractivity contribution in [2.24, 2.45) is 0 Å². The van der Waals surface area contributed by atoms with Crippen molar-refractivity contribution in [1.29, 1.82) is 0 Å². The summed E-state index contributed by atoms with van der Waals surface area (Å²) in [4.78, 5) is 0. The first kappa shape index (κ1) is 9.92. The highest BCUT2D eigenvalue weighted by atomic mass is 14.9. The molecule has 62 valence electrons. The van der Waals surface area contributed by atoms with E-state index in [1.54, 1.807) is 0 Å². The Balaban J connectivity index is 2.89. The van der Waals surface area contributed by atoms with Gasteiger partial charge in [-0.2, -0.15) is 0 Å². The first-order chi connectivity index (χ1) is 4.81. The van der Waals surface area contributed by atoms with Crippen LogP contribution >= 0.6 is 0 Å². The van der Waals surface area contributed by atoms with Gasteiger partial charge in [0, 0.05) is 6.04 Å². The van der Waals surface area contributed by atoms with Gasteiger partial charge >= 0.3 is 0 Å². The topological polar surface area (TPSA) is 24.1 Å². The van der Waals surface area contributed by atoms with Gasteiger partial charge in [0.25, 0.3) is 0 Å². The Bertz CT molecular complexity index is 64.3. The normalized spacial score (nSPS) is 13.5. The molecule has 0 saturated carbocycles. The lowest BCUT2D eigenvalue weighted by Crippen LogP contribution is -2.27. The maximum Gasteiger partial charge on any atom is 0.00478 e. The molecule has 0 bridgehead atoms. The van der Waals surface area contributed by atoms with Crippen molar-refractivity contribution in [3.05, 3.63) is 0 Å². The van der Waals surface area contributed by atoms with E-state index in [1.807, 2.05) is 7.05 Å². The Morgan fingerprint density at radius 3 is 2.50 bits per heavy atom. The SMILES string of the molecule is CCCNCC[C@H](C)NC. The minimum absolute atomic E-state index is 0.643. The van der Waals surface area contributed by atoms with Crippen LogP contribution in [0, 0.1) is 0 Å². The molecule has 0 heterocycles. The van der Waals surface area contributed by atoms with Crippen molar-refractivity contribution in [1.82, 2.24) is 10.6 Å². The molecule has 1 atom stereocenters. The molecule has 0 spiro atoms. The van der Waals surface area contributed by atoms with Gasteiger partial charge in [-0.3, -0.25) is 0 Å². The van der Waals surface area contributed by atoms with Crippen LogP contribution in [0.3, 0.4) is 0 Å². The van der Waals surface area contributed by atoms with Gasteiger partial charge in [-0.15, -0.1) is 0 Å². The molecule has 0 aromatic rings. The van der Waals surface area contributed by atoms with E-state index < -0.39 is 0 Å². The summed E-state index contributed by atoms with van der Waals surface area (Å²) in [5.74, 6) is 0. The van der Waals surface area contributed by atoms with E-state index >= 15 is 0 Å². The summed E-state index contributed by atoms with van der Waals surface area (Å²) in [6.07, 6.45) is 2.45. The van der Waals surface area contributed by atoms with E-state index in [4.69, 9.17) is 0 Å². The molecule has 0 amide bonds. The van der Waals surface area contributed by atoms with Crippen molar-refractivity contribution in [2.45, 2.75) is 32.7 Å². The first-order valence-corrected chi connectivity index (χ1v) is 4.19. The van der Waals surface area contributed by atoms with Gasteiger partial charge < -0.3 is 10.6 Å². The quantitative estimate of drug-likeness (QED) is 0.543. The molecule has 0 aromatic carbocycles. The van der Waals surface area contributed by atoms with E-state index in [1.165, 1.54) is 12.8 Å². The molecule has 0 radical (unpaired) electrons. The highest BCUT2D eigenvalue weighted by Gasteiger charge is 1.94. The largest absolute Gasteiger partial charge is 0.317 e. The van der Waals surface area contributed by atoms with Crippen LogP contribution < -0.4 is 10.6 Å². The van der Waals surface area contributed by atoms with Crippen LogP contribution in [0.15, 0.2) is 0 Å². The average molecular weight is 144 g/mol. The second kappa shape index (κ2) is 7.03. The summed E-state index contributed by atoms with van der Waals surface area (Å²) in [6.45, 7) is 6.68. The Kier molecular flexibility index (Phi) is 6.98. The molecule has 2 N–H and O–H groups in total. The number of hydrogen-bond donors (Lipinski definition) is 2. The Hall–Kier alpha value is -0.0800. The van der Waals surface area contributed by atoms with Crippen LogP contribution in [0.1, 0.15) is 26.7 Å². The third-order valence-electron chi connectivity index (χ3n) is 1.67. The summed E-state index contributed by atoms with van der Waals surface area (Å²) in [6, 6.07) is 0.643. The molecule has 2 nitrogen and oxygen atoms in total. The molecule has 0 aliphatic rings. The molecule has 2 heteroatoms. The maximum absolute atomic E-state index is 3.36. The molecular weight excluding hydrogens is 124 g/mol. The zero-order chi connectivity index (χ0) is 7.82. The standard InChI is InChI=1S/C8H20N2/c1-4-6-10-7-5-8(2)9-3/h8-10H,4-7H2,1-3H3/t8-/m0/s1. The predicted molar refractivity (Wildman–Crippen MR) is 46.3 cm³/mol. The maximum atomic E-state index is 3.36. The molecule has 0 unspecified atom stereocenters. The van der Waals surface area contributed by atoms with Crippen LogP contribution in [0.2, 0.25) is 0 Å². The summed E-state index contributed by atoms with van der Waals surface area (Å²) in [5.41, 5.74) is 0. The fourth-order valence-electron chi connectivity index (χ4n) is 0.765. The van der Waals surface area contributed by atoms with E-state index in [-0.39, 0.29) is 0 Å². The van der Waals surface area contributed by atoms with Crippen molar-refractivity contribution in [3.63, 3.8) is 0 Å². The fraction of sp³-hybridized carbons (Fsp3) is 1.00. The summed E-state index contributed by atoms with van der Waals surface area (Å²) in [7, 11) is 2.00. The van der Waals surface area contributed by atoms with Gasteiger partial charge in [-0.1, -0.05) is 6.92 Å². The lowest BCUT2D eigenvalue weighted by molar-refractivity contribution is 0.528. The van der Waals surface area contributed by atoms with Gasteiger partial charge in [0.1, 0.15) is 0 Å². The number of hydrogen-bond acceptors (Lipinski definition) is 2. The number of rotatable bonds is 6. The van der Waals surface area contributed by atoms with Gasteiger partial charge in [0.15, 0.2) is 0 Å². The van der Waals surface area contributed by atoms with Crippen LogP contribution in [0.25, 0.3) is 0 Å². The molecule has 0 rings (SSSR count). The van der Waals surface area contributed by atoms with Gasteiger partial charge in [0.05, 0.1) is 0 Å². The van der Waals surface area contributed by atoms with E-state index in [2.05, 4.69) is 24.5 Å². The zero-order valence-electron chi connectivity index (χ0n) is 7.41. The molecule has 0 fully saturated rings. The molecule has 0 saturated heterocycles. The second-order valence-corrected chi connectivity index (χ2v) is 2.73. The van der Waals surface area contributed by atoms with Crippen LogP contribution in [-0.4, -0.2) is 26.2 Å². The minimum atomic E-state index is 0.643. The van der Waals surface area contributed by atoms with Gasteiger partial charge in [0.2, 0.25) is 0 Å². The van der Waals surface area contributed by atoms with Crippen molar-refractivity contribution in [2.75, 3.05) is 20.1 Å². The Morgan fingerprint density at radius 1 is 1.30 bits per heavy atom. The lowest BCUT2D eigenvalue weighted by atomic mass is 10.2. The summed E-state index contributed by atoms with van der Waals surface area (Å²) >= 11 is 0. The van der Waals surface area contributed by atoms with Crippen molar-refractivity contribution < 1.29 is 0 Å². The van der Waals surface area contributed by atoms with E-state index in [0.29, 0.717) is 6.04 Å². The second-order valence-electron chi connectivity index (χ2n) is 2.73. The first-order valence-electron chi connectivity index (χ1n) is 4.19. The average Bonchev–Trinajstić information content (AvgIpc) is 1.98. The number of nitrogens with one attached hydrogen (secondary N) is 2. The van der Waals surface area contributed by atoms with E-state index in [0.717, 1.165) is 13.1 Å². The molecule has 0 aliphatic carbocycles. The summed E-state index contributed by atoms with van der Waals surface area (Å²) in [5, 5.41) is 6.56. The smallest absolute Gasteiger partial charge is 0.00478 e. The van der Waals surface area contributed by atoms with Crippen LogP contribution in [0.5, 0.6) is 0 Å². The predicted octanol–water partition coefficient (Wildman–Crippen LogP) is 0.984. The lowest BCUT2D eigenvalue weighted by Gasteiger charge is -2.09. The monoisotopic (exact) mass is 144 g/mol. The third kappa shape index (κ3) is 6.05. The zero-order valence-corrected chi connectivity index (χ0v) is 7.41. The highest BCUT2D eigenvalue weighted by molar-refractivity contribution is 4.58.